The van der Waals surface area contributed by atoms with Gasteiger partial charge in [-0.05, 0) is 30.5 Å². The first-order chi connectivity index (χ1) is 14.5. The standard InChI is InChI=1S/C20H35N5O4S/c1-21-20(24-18-7-10-25(11-8-18)12-14-29-3)22-16-17-5-4-6-19(15-17)30(26,27)23-9-13-28-2/h4-6,15,18,23H,7-14,16H2,1-3H3,(H2,21,22,24). The number of piperidine rings is 1. The summed E-state index contributed by atoms with van der Waals surface area (Å²) in [4.78, 5) is 6.95. The van der Waals surface area contributed by atoms with Crippen LogP contribution in [0.3, 0.4) is 0 Å². The first kappa shape index (κ1) is 24.5. The quantitative estimate of drug-likeness (QED) is 0.259. The van der Waals surface area contributed by atoms with Crippen molar-refractivity contribution in [3.63, 3.8) is 0 Å². The number of benzene rings is 1. The normalized spacial score (nSPS) is 16.6. The van der Waals surface area contributed by atoms with Gasteiger partial charge in [-0.2, -0.15) is 0 Å². The van der Waals surface area contributed by atoms with E-state index in [4.69, 9.17) is 9.47 Å². The Bertz CT molecular complexity index is 764. The number of hydrogen-bond donors (Lipinski definition) is 3. The van der Waals surface area contributed by atoms with Gasteiger partial charge in [-0.3, -0.25) is 4.99 Å². The lowest BCUT2D eigenvalue weighted by Gasteiger charge is -2.32. The molecule has 0 saturated carbocycles. The Hall–Kier alpha value is -1.72. The molecule has 10 heteroatoms. The molecule has 170 valence electrons. The summed E-state index contributed by atoms with van der Waals surface area (Å²) in [5.74, 6) is 0.719. The Morgan fingerprint density at radius 3 is 2.60 bits per heavy atom. The van der Waals surface area contributed by atoms with E-state index in [0.717, 1.165) is 50.6 Å². The lowest BCUT2D eigenvalue weighted by molar-refractivity contribution is 0.128. The van der Waals surface area contributed by atoms with Crippen molar-refractivity contribution in [2.75, 3.05) is 60.7 Å². The smallest absolute Gasteiger partial charge is 0.240 e. The molecule has 1 saturated heterocycles. The molecule has 1 aliphatic rings. The van der Waals surface area contributed by atoms with Gasteiger partial charge in [0.2, 0.25) is 10.0 Å². The van der Waals surface area contributed by atoms with Gasteiger partial charge in [-0.15, -0.1) is 0 Å². The van der Waals surface area contributed by atoms with E-state index in [1.54, 1.807) is 32.4 Å². The summed E-state index contributed by atoms with van der Waals surface area (Å²) >= 11 is 0. The predicted octanol–water partition coefficient (Wildman–Crippen LogP) is 0.387. The molecular weight excluding hydrogens is 406 g/mol. The first-order valence-electron chi connectivity index (χ1n) is 10.2. The van der Waals surface area contributed by atoms with E-state index in [2.05, 4.69) is 25.2 Å². The highest BCUT2D eigenvalue weighted by Crippen LogP contribution is 2.12. The van der Waals surface area contributed by atoms with Crippen molar-refractivity contribution < 1.29 is 17.9 Å². The molecule has 0 aliphatic carbocycles. The van der Waals surface area contributed by atoms with E-state index in [9.17, 15) is 8.42 Å². The van der Waals surface area contributed by atoms with Crippen molar-refractivity contribution in [2.45, 2.75) is 30.3 Å². The molecule has 30 heavy (non-hydrogen) atoms. The number of sulfonamides is 1. The van der Waals surface area contributed by atoms with Crippen LogP contribution in [0.2, 0.25) is 0 Å². The third-order valence-electron chi connectivity index (χ3n) is 5.03. The number of rotatable bonds is 11. The molecule has 1 heterocycles. The number of methoxy groups -OCH3 is 2. The molecule has 1 fully saturated rings. The van der Waals surface area contributed by atoms with Crippen molar-refractivity contribution in [1.82, 2.24) is 20.3 Å². The summed E-state index contributed by atoms with van der Waals surface area (Å²) in [6.07, 6.45) is 2.09. The van der Waals surface area contributed by atoms with Crippen LogP contribution in [0.15, 0.2) is 34.2 Å². The molecule has 0 unspecified atom stereocenters. The molecule has 0 spiro atoms. The number of nitrogens with zero attached hydrogens (tertiary/aromatic N) is 2. The van der Waals surface area contributed by atoms with E-state index < -0.39 is 10.0 Å². The van der Waals surface area contributed by atoms with Crippen LogP contribution in [-0.4, -0.2) is 86.0 Å². The fraction of sp³-hybridized carbons (Fsp3) is 0.650. The first-order valence-corrected chi connectivity index (χ1v) is 11.7. The lowest BCUT2D eigenvalue weighted by Crippen LogP contribution is -2.48. The molecule has 0 radical (unpaired) electrons. The summed E-state index contributed by atoms with van der Waals surface area (Å²) in [6, 6.07) is 7.26. The molecule has 1 aromatic rings. The van der Waals surface area contributed by atoms with E-state index in [-0.39, 0.29) is 11.4 Å². The molecule has 1 aromatic carbocycles. The zero-order valence-electron chi connectivity index (χ0n) is 18.2. The van der Waals surface area contributed by atoms with Gasteiger partial charge < -0.3 is 25.0 Å². The summed E-state index contributed by atoms with van der Waals surface area (Å²) in [5.41, 5.74) is 0.863. The number of ether oxygens (including phenoxy) is 2. The Morgan fingerprint density at radius 2 is 1.93 bits per heavy atom. The van der Waals surface area contributed by atoms with E-state index in [1.165, 1.54) is 7.11 Å². The summed E-state index contributed by atoms with van der Waals surface area (Å²) in [5, 5.41) is 6.75. The van der Waals surface area contributed by atoms with Gasteiger partial charge in [0.1, 0.15) is 0 Å². The van der Waals surface area contributed by atoms with Crippen molar-refractivity contribution in [3.8, 4) is 0 Å². The number of nitrogens with one attached hydrogen (secondary N) is 3. The molecule has 3 N–H and O–H groups in total. The molecular formula is C20H35N5O4S. The Morgan fingerprint density at radius 1 is 1.20 bits per heavy atom. The van der Waals surface area contributed by atoms with Crippen molar-refractivity contribution in [1.29, 1.82) is 0 Å². The predicted molar refractivity (Wildman–Crippen MR) is 118 cm³/mol. The zero-order valence-corrected chi connectivity index (χ0v) is 19.0. The third-order valence-corrected chi connectivity index (χ3v) is 6.49. The average molecular weight is 442 g/mol. The van der Waals surface area contributed by atoms with Gasteiger partial charge in [0.25, 0.3) is 0 Å². The second-order valence-electron chi connectivity index (χ2n) is 7.22. The number of aliphatic imine (C=N–C) groups is 1. The zero-order chi connectivity index (χ0) is 21.8. The second kappa shape index (κ2) is 12.9. The highest BCUT2D eigenvalue weighted by Gasteiger charge is 2.19. The Labute approximate surface area is 180 Å². The minimum atomic E-state index is -3.55. The SMILES string of the molecule is CN=C(NCc1cccc(S(=O)(=O)NCCOC)c1)NC1CCN(CCOC)CC1. The van der Waals surface area contributed by atoms with E-state index >= 15 is 0 Å². The van der Waals surface area contributed by atoms with Gasteiger partial charge >= 0.3 is 0 Å². The summed E-state index contributed by atoms with van der Waals surface area (Å²) in [6.45, 7) is 4.85. The summed E-state index contributed by atoms with van der Waals surface area (Å²) in [7, 11) is 1.45. The van der Waals surface area contributed by atoms with Gasteiger partial charge in [-0.1, -0.05) is 12.1 Å². The highest BCUT2D eigenvalue weighted by atomic mass is 32.2. The second-order valence-corrected chi connectivity index (χ2v) is 8.98. The lowest BCUT2D eigenvalue weighted by atomic mass is 10.1. The minimum Gasteiger partial charge on any atom is -0.383 e. The molecule has 9 nitrogen and oxygen atoms in total. The van der Waals surface area contributed by atoms with Crippen LogP contribution in [-0.2, 0) is 26.0 Å². The Kier molecular flexibility index (Phi) is 10.5. The number of likely N-dealkylation sites (tertiary alicyclic amines) is 1. The number of hydrogen-bond acceptors (Lipinski definition) is 6. The maximum absolute atomic E-state index is 12.4. The van der Waals surface area contributed by atoms with Crippen molar-refractivity contribution in [2.24, 2.45) is 4.99 Å². The fourth-order valence-corrected chi connectivity index (χ4v) is 4.36. The van der Waals surface area contributed by atoms with Gasteiger partial charge in [-0.25, -0.2) is 13.1 Å². The molecule has 0 aromatic heterocycles. The number of guanidine groups is 1. The van der Waals surface area contributed by atoms with E-state index in [1.807, 2.05) is 6.07 Å². The fourth-order valence-electron chi connectivity index (χ4n) is 3.28. The van der Waals surface area contributed by atoms with Gasteiger partial charge in [0, 0.05) is 60.0 Å². The third kappa shape index (κ3) is 8.19. The van der Waals surface area contributed by atoms with Crippen LogP contribution >= 0.6 is 0 Å². The topological polar surface area (TPSA) is 104 Å². The van der Waals surface area contributed by atoms with Crippen molar-refractivity contribution >= 4 is 16.0 Å². The molecule has 0 atom stereocenters. The van der Waals surface area contributed by atoms with Crippen LogP contribution in [0.25, 0.3) is 0 Å². The highest BCUT2D eigenvalue weighted by molar-refractivity contribution is 7.89. The van der Waals surface area contributed by atoms with Crippen LogP contribution in [0, 0.1) is 0 Å². The summed E-state index contributed by atoms with van der Waals surface area (Å²) < 4.78 is 37.3. The van der Waals surface area contributed by atoms with Crippen LogP contribution in [0.5, 0.6) is 0 Å². The van der Waals surface area contributed by atoms with Gasteiger partial charge in [0.15, 0.2) is 5.96 Å². The van der Waals surface area contributed by atoms with E-state index in [0.29, 0.717) is 19.2 Å². The monoisotopic (exact) mass is 441 g/mol. The maximum atomic E-state index is 12.4. The molecule has 0 bridgehead atoms. The maximum Gasteiger partial charge on any atom is 0.240 e. The van der Waals surface area contributed by atoms with Crippen LogP contribution in [0.1, 0.15) is 18.4 Å². The minimum absolute atomic E-state index is 0.238. The van der Waals surface area contributed by atoms with Crippen molar-refractivity contribution in [3.05, 3.63) is 29.8 Å². The van der Waals surface area contributed by atoms with Crippen LogP contribution < -0.4 is 15.4 Å². The molecule has 0 amide bonds. The largest absolute Gasteiger partial charge is 0.383 e. The average Bonchev–Trinajstić information content (AvgIpc) is 2.76. The van der Waals surface area contributed by atoms with Gasteiger partial charge in [0.05, 0.1) is 18.1 Å². The molecule has 2 rings (SSSR count). The Balaban J connectivity index is 1.84. The van der Waals surface area contributed by atoms with Crippen LogP contribution in [0.4, 0.5) is 0 Å². The molecule has 1 aliphatic heterocycles.